The van der Waals surface area contributed by atoms with E-state index >= 15 is 0 Å². The van der Waals surface area contributed by atoms with Gasteiger partial charge in [-0.15, -0.1) is 5.10 Å². The third-order valence-electron chi connectivity index (χ3n) is 2.58. The van der Waals surface area contributed by atoms with Crippen LogP contribution < -0.4 is 4.74 Å². The van der Waals surface area contributed by atoms with Gasteiger partial charge in [-0.25, -0.2) is 9.78 Å². The van der Waals surface area contributed by atoms with Crippen LogP contribution in [0.1, 0.15) is 19.8 Å². The normalized spacial score (nSPS) is 10.2. The Morgan fingerprint density at radius 3 is 2.90 bits per heavy atom. The Hall–Kier alpha value is -2.02. The Kier molecular flexibility index (Phi) is 5.62. The van der Waals surface area contributed by atoms with Gasteiger partial charge in [-0.3, -0.25) is 0 Å². The molecule has 0 fully saturated rings. The molecule has 0 aliphatic rings. The standard InChI is InChI=1S/C14H14BrN3O3/c1-2-3-8-20-14(19)21-12-9-10(15)4-5-11(12)13-16-6-7-17-18-13/h4-7,9H,2-3,8H2,1H3. The van der Waals surface area contributed by atoms with E-state index in [1.807, 2.05) is 6.92 Å². The maximum Gasteiger partial charge on any atom is 0.513 e. The van der Waals surface area contributed by atoms with Crippen molar-refractivity contribution in [1.82, 2.24) is 15.2 Å². The average molecular weight is 352 g/mol. The fourth-order valence-electron chi connectivity index (χ4n) is 1.56. The molecule has 0 aliphatic heterocycles. The molecule has 0 bridgehead atoms. The molecule has 0 N–H and O–H groups in total. The molecule has 0 atom stereocenters. The molecule has 6 nitrogen and oxygen atoms in total. The van der Waals surface area contributed by atoms with Gasteiger partial charge >= 0.3 is 6.16 Å². The summed E-state index contributed by atoms with van der Waals surface area (Å²) >= 11 is 3.33. The number of hydrogen-bond donors (Lipinski definition) is 0. The summed E-state index contributed by atoms with van der Waals surface area (Å²) in [6, 6.07) is 5.21. The molecule has 110 valence electrons. The van der Waals surface area contributed by atoms with E-state index in [-0.39, 0.29) is 0 Å². The second-order valence-corrected chi connectivity index (χ2v) is 5.08. The van der Waals surface area contributed by atoms with E-state index in [0.29, 0.717) is 23.7 Å². The third kappa shape index (κ3) is 4.49. The highest BCUT2D eigenvalue weighted by Gasteiger charge is 2.14. The lowest BCUT2D eigenvalue weighted by atomic mass is 10.2. The topological polar surface area (TPSA) is 74.2 Å². The fraction of sp³-hybridized carbons (Fsp3) is 0.286. The SMILES string of the molecule is CCCCOC(=O)Oc1cc(Br)ccc1-c1nccnn1. The highest BCUT2D eigenvalue weighted by molar-refractivity contribution is 9.10. The summed E-state index contributed by atoms with van der Waals surface area (Å²) in [6.45, 7) is 2.35. The Morgan fingerprint density at radius 1 is 1.33 bits per heavy atom. The highest BCUT2D eigenvalue weighted by Crippen LogP contribution is 2.30. The number of nitrogens with zero attached hydrogens (tertiary/aromatic N) is 3. The number of unbranched alkanes of at least 4 members (excludes halogenated alkanes) is 1. The van der Waals surface area contributed by atoms with Gasteiger partial charge < -0.3 is 9.47 Å². The van der Waals surface area contributed by atoms with Crippen LogP contribution >= 0.6 is 15.9 Å². The molecule has 0 amide bonds. The van der Waals surface area contributed by atoms with Crippen LogP contribution in [0.3, 0.4) is 0 Å². The Balaban J connectivity index is 2.18. The number of halogens is 1. The van der Waals surface area contributed by atoms with Crippen LogP contribution in [0.2, 0.25) is 0 Å². The van der Waals surface area contributed by atoms with Gasteiger partial charge in [-0.1, -0.05) is 29.3 Å². The van der Waals surface area contributed by atoms with E-state index in [1.54, 1.807) is 18.2 Å². The van der Waals surface area contributed by atoms with Gasteiger partial charge in [-0.05, 0) is 24.6 Å². The van der Waals surface area contributed by atoms with Crippen LogP contribution in [0.15, 0.2) is 35.1 Å². The molecule has 0 spiro atoms. The monoisotopic (exact) mass is 351 g/mol. The van der Waals surface area contributed by atoms with Crippen molar-refractivity contribution in [1.29, 1.82) is 0 Å². The molecule has 7 heteroatoms. The number of carbonyl (C=O) groups excluding carboxylic acids is 1. The number of carbonyl (C=O) groups is 1. The molecule has 0 radical (unpaired) electrons. The first kappa shape index (κ1) is 15.4. The minimum absolute atomic E-state index is 0.318. The largest absolute Gasteiger partial charge is 0.513 e. The summed E-state index contributed by atoms with van der Waals surface area (Å²) in [5.74, 6) is 0.695. The van der Waals surface area contributed by atoms with Crippen molar-refractivity contribution in [3.8, 4) is 17.1 Å². The molecular formula is C14H14BrN3O3. The third-order valence-corrected chi connectivity index (χ3v) is 3.07. The van der Waals surface area contributed by atoms with Crippen molar-refractivity contribution in [2.24, 2.45) is 0 Å². The summed E-state index contributed by atoms with van der Waals surface area (Å²) in [5, 5.41) is 7.68. The molecule has 0 saturated carbocycles. The summed E-state index contributed by atoms with van der Waals surface area (Å²) in [7, 11) is 0. The van der Waals surface area contributed by atoms with Gasteiger partial charge in [0.2, 0.25) is 0 Å². The summed E-state index contributed by atoms with van der Waals surface area (Å²) in [6.07, 6.45) is 3.99. The fourth-order valence-corrected chi connectivity index (χ4v) is 1.90. The lowest BCUT2D eigenvalue weighted by Gasteiger charge is -2.09. The first-order valence-electron chi connectivity index (χ1n) is 6.49. The zero-order chi connectivity index (χ0) is 15.1. The maximum atomic E-state index is 11.7. The van der Waals surface area contributed by atoms with Crippen LogP contribution in [0.4, 0.5) is 4.79 Å². The Labute approximate surface area is 130 Å². The maximum absolute atomic E-state index is 11.7. The van der Waals surface area contributed by atoms with Crippen molar-refractivity contribution < 1.29 is 14.3 Å². The van der Waals surface area contributed by atoms with E-state index in [0.717, 1.165) is 17.3 Å². The van der Waals surface area contributed by atoms with Gasteiger partial charge in [0, 0.05) is 10.7 Å². The van der Waals surface area contributed by atoms with Crippen LogP contribution in [0.5, 0.6) is 5.75 Å². The second kappa shape index (κ2) is 7.68. The van der Waals surface area contributed by atoms with Crippen LogP contribution in [0.25, 0.3) is 11.4 Å². The van der Waals surface area contributed by atoms with E-state index in [4.69, 9.17) is 9.47 Å². The highest BCUT2D eigenvalue weighted by atomic mass is 79.9. The van der Waals surface area contributed by atoms with Crippen LogP contribution in [-0.2, 0) is 4.74 Å². The Morgan fingerprint density at radius 2 is 2.19 bits per heavy atom. The first-order valence-corrected chi connectivity index (χ1v) is 7.28. The van der Waals surface area contributed by atoms with Gasteiger partial charge in [0.1, 0.15) is 5.75 Å². The van der Waals surface area contributed by atoms with E-state index in [1.165, 1.54) is 12.4 Å². The van der Waals surface area contributed by atoms with Crippen molar-refractivity contribution in [3.05, 3.63) is 35.1 Å². The smallest absolute Gasteiger partial charge is 0.434 e. The van der Waals surface area contributed by atoms with E-state index < -0.39 is 6.16 Å². The van der Waals surface area contributed by atoms with Gasteiger partial charge in [-0.2, -0.15) is 5.10 Å². The number of ether oxygens (including phenoxy) is 2. The van der Waals surface area contributed by atoms with Gasteiger partial charge in [0.25, 0.3) is 0 Å². The zero-order valence-corrected chi connectivity index (χ0v) is 13.0. The van der Waals surface area contributed by atoms with Crippen LogP contribution in [-0.4, -0.2) is 27.9 Å². The predicted octanol–water partition coefficient (Wildman–Crippen LogP) is 3.62. The van der Waals surface area contributed by atoms with Crippen molar-refractivity contribution in [3.63, 3.8) is 0 Å². The molecule has 1 aromatic carbocycles. The minimum atomic E-state index is -0.744. The number of benzene rings is 1. The summed E-state index contributed by atoms with van der Waals surface area (Å²) < 4.78 is 11.0. The minimum Gasteiger partial charge on any atom is -0.434 e. The average Bonchev–Trinajstić information content (AvgIpc) is 2.48. The van der Waals surface area contributed by atoms with Crippen molar-refractivity contribution in [2.45, 2.75) is 19.8 Å². The molecule has 21 heavy (non-hydrogen) atoms. The molecule has 2 aromatic rings. The lowest BCUT2D eigenvalue weighted by Crippen LogP contribution is -2.12. The second-order valence-electron chi connectivity index (χ2n) is 4.16. The number of hydrogen-bond acceptors (Lipinski definition) is 6. The molecular weight excluding hydrogens is 338 g/mol. The van der Waals surface area contributed by atoms with Gasteiger partial charge in [0.05, 0.1) is 18.4 Å². The van der Waals surface area contributed by atoms with E-state index in [2.05, 4.69) is 31.1 Å². The zero-order valence-electron chi connectivity index (χ0n) is 11.5. The van der Waals surface area contributed by atoms with Gasteiger partial charge in [0.15, 0.2) is 5.82 Å². The molecule has 0 aliphatic carbocycles. The van der Waals surface area contributed by atoms with Crippen molar-refractivity contribution in [2.75, 3.05) is 6.61 Å². The quantitative estimate of drug-likeness (QED) is 0.465. The number of aromatic nitrogens is 3. The van der Waals surface area contributed by atoms with Crippen LogP contribution in [0, 0.1) is 0 Å². The molecule has 2 rings (SSSR count). The molecule has 0 saturated heterocycles. The molecule has 1 heterocycles. The molecule has 0 unspecified atom stereocenters. The summed E-state index contributed by atoms with van der Waals surface area (Å²) in [5.41, 5.74) is 0.568. The molecule has 1 aromatic heterocycles. The predicted molar refractivity (Wildman–Crippen MR) is 79.8 cm³/mol. The first-order chi connectivity index (χ1) is 10.2. The lowest BCUT2D eigenvalue weighted by molar-refractivity contribution is 0.0980. The summed E-state index contributed by atoms with van der Waals surface area (Å²) in [4.78, 5) is 15.8. The Bertz CT molecular complexity index is 608. The number of rotatable bonds is 5. The van der Waals surface area contributed by atoms with Crippen molar-refractivity contribution >= 4 is 22.1 Å². The van der Waals surface area contributed by atoms with E-state index in [9.17, 15) is 4.79 Å².